The van der Waals surface area contributed by atoms with Crippen molar-refractivity contribution in [1.82, 2.24) is 10.2 Å². The highest BCUT2D eigenvalue weighted by molar-refractivity contribution is 6.02. The lowest BCUT2D eigenvalue weighted by atomic mass is 9.95. The standard InChI is InChI=1S/C17H22N2O4/c1-12(21)19-9-7-14(8-10-19)17(23)18-15(11-20)16(22)13-5-3-2-4-6-13/h2-6,14-15,20H,7-11H2,1H3,(H,18,23). The third kappa shape index (κ3) is 4.39. The molecule has 2 rings (SSSR count). The minimum Gasteiger partial charge on any atom is -0.394 e. The van der Waals surface area contributed by atoms with Gasteiger partial charge in [-0.25, -0.2) is 0 Å². The zero-order chi connectivity index (χ0) is 16.8. The molecule has 1 fully saturated rings. The molecule has 6 nitrogen and oxygen atoms in total. The summed E-state index contributed by atoms with van der Waals surface area (Å²) >= 11 is 0. The summed E-state index contributed by atoms with van der Waals surface area (Å²) in [6.45, 7) is 2.17. The first kappa shape index (κ1) is 17.1. The molecule has 23 heavy (non-hydrogen) atoms. The van der Waals surface area contributed by atoms with Crippen molar-refractivity contribution < 1.29 is 19.5 Å². The van der Waals surface area contributed by atoms with E-state index in [1.807, 2.05) is 0 Å². The Hall–Kier alpha value is -2.21. The smallest absolute Gasteiger partial charge is 0.223 e. The van der Waals surface area contributed by atoms with E-state index in [0.717, 1.165) is 0 Å². The van der Waals surface area contributed by atoms with E-state index in [2.05, 4.69) is 5.32 Å². The normalized spacial score (nSPS) is 16.7. The Kier molecular flexibility index (Phi) is 5.87. The fourth-order valence-electron chi connectivity index (χ4n) is 2.74. The quantitative estimate of drug-likeness (QED) is 0.779. The van der Waals surface area contributed by atoms with Gasteiger partial charge in [0.1, 0.15) is 6.04 Å². The van der Waals surface area contributed by atoms with E-state index in [9.17, 15) is 19.5 Å². The Balaban J connectivity index is 1.93. The van der Waals surface area contributed by atoms with E-state index in [0.29, 0.717) is 31.5 Å². The van der Waals surface area contributed by atoms with Crippen molar-refractivity contribution in [2.45, 2.75) is 25.8 Å². The van der Waals surface area contributed by atoms with Gasteiger partial charge in [-0.05, 0) is 12.8 Å². The van der Waals surface area contributed by atoms with Crippen LogP contribution in [0.5, 0.6) is 0 Å². The molecule has 0 radical (unpaired) electrons. The number of nitrogens with one attached hydrogen (secondary N) is 1. The molecule has 1 aromatic carbocycles. The van der Waals surface area contributed by atoms with Crippen LogP contribution in [0, 0.1) is 5.92 Å². The number of carbonyl (C=O) groups excluding carboxylic acids is 3. The van der Waals surface area contributed by atoms with Gasteiger partial charge in [-0.3, -0.25) is 14.4 Å². The molecule has 1 aromatic rings. The number of ketones is 1. The number of Topliss-reactive ketones (excluding diaryl/α,β-unsaturated/α-hetero) is 1. The van der Waals surface area contributed by atoms with Gasteiger partial charge >= 0.3 is 0 Å². The summed E-state index contributed by atoms with van der Waals surface area (Å²) in [6.07, 6.45) is 1.15. The van der Waals surface area contributed by atoms with Crippen LogP contribution in [0.4, 0.5) is 0 Å². The van der Waals surface area contributed by atoms with Gasteiger partial charge in [0.15, 0.2) is 5.78 Å². The van der Waals surface area contributed by atoms with E-state index < -0.39 is 12.6 Å². The van der Waals surface area contributed by atoms with Crippen LogP contribution in [0.2, 0.25) is 0 Å². The van der Waals surface area contributed by atoms with E-state index in [1.54, 1.807) is 35.2 Å². The van der Waals surface area contributed by atoms with Crippen LogP contribution in [0.15, 0.2) is 30.3 Å². The Morgan fingerprint density at radius 1 is 1.22 bits per heavy atom. The van der Waals surface area contributed by atoms with Crippen LogP contribution in [0.1, 0.15) is 30.1 Å². The third-order valence-electron chi connectivity index (χ3n) is 4.18. The zero-order valence-corrected chi connectivity index (χ0v) is 13.2. The molecular formula is C17H22N2O4. The van der Waals surface area contributed by atoms with Gasteiger partial charge in [-0.2, -0.15) is 0 Å². The molecule has 1 unspecified atom stereocenters. The highest BCUT2D eigenvalue weighted by Crippen LogP contribution is 2.18. The lowest BCUT2D eigenvalue weighted by molar-refractivity contribution is -0.134. The topological polar surface area (TPSA) is 86.7 Å². The van der Waals surface area contributed by atoms with E-state index >= 15 is 0 Å². The minimum atomic E-state index is -0.935. The van der Waals surface area contributed by atoms with Gasteiger partial charge in [0.05, 0.1) is 6.61 Å². The maximum atomic E-state index is 12.3. The SMILES string of the molecule is CC(=O)N1CCC(C(=O)NC(CO)C(=O)c2ccccc2)CC1. The molecule has 124 valence electrons. The Labute approximate surface area is 135 Å². The van der Waals surface area contributed by atoms with Crippen LogP contribution in [-0.2, 0) is 9.59 Å². The second kappa shape index (κ2) is 7.87. The minimum absolute atomic E-state index is 0.0105. The molecule has 1 atom stereocenters. The number of nitrogens with zero attached hydrogens (tertiary/aromatic N) is 1. The number of aliphatic hydroxyl groups excluding tert-OH is 1. The number of piperidine rings is 1. The molecule has 2 amide bonds. The second-order valence-corrected chi connectivity index (χ2v) is 5.75. The average Bonchev–Trinajstić information content (AvgIpc) is 2.59. The fraction of sp³-hybridized carbons (Fsp3) is 0.471. The lowest BCUT2D eigenvalue weighted by Crippen LogP contribution is -2.48. The summed E-state index contributed by atoms with van der Waals surface area (Å²) in [6, 6.07) is 7.65. The predicted octanol–water partition coefficient (Wildman–Crippen LogP) is 0.605. The Morgan fingerprint density at radius 2 is 1.83 bits per heavy atom. The summed E-state index contributed by atoms with van der Waals surface area (Å²) in [5, 5.41) is 12.1. The summed E-state index contributed by atoms with van der Waals surface area (Å²) in [7, 11) is 0. The van der Waals surface area contributed by atoms with Gasteiger partial charge in [0, 0.05) is 31.5 Å². The van der Waals surface area contributed by atoms with Crippen LogP contribution >= 0.6 is 0 Å². The van der Waals surface area contributed by atoms with Crippen molar-refractivity contribution in [3.8, 4) is 0 Å². The van der Waals surface area contributed by atoms with E-state index in [4.69, 9.17) is 0 Å². The van der Waals surface area contributed by atoms with Crippen LogP contribution in [0.25, 0.3) is 0 Å². The third-order valence-corrected chi connectivity index (χ3v) is 4.18. The zero-order valence-electron chi connectivity index (χ0n) is 13.2. The van der Waals surface area contributed by atoms with E-state index in [1.165, 1.54) is 6.92 Å². The number of carbonyl (C=O) groups is 3. The molecule has 6 heteroatoms. The van der Waals surface area contributed by atoms with Crippen LogP contribution in [0.3, 0.4) is 0 Å². The molecule has 0 bridgehead atoms. The molecule has 2 N–H and O–H groups in total. The summed E-state index contributed by atoms with van der Waals surface area (Å²) in [5.74, 6) is -0.765. The summed E-state index contributed by atoms with van der Waals surface area (Å²) < 4.78 is 0. The summed E-state index contributed by atoms with van der Waals surface area (Å²) in [4.78, 5) is 37.6. The van der Waals surface area contributed by atoms with Crippen molar-refractivity contribution >= 4 is 17.6 Å². The summed E-state index contributed by atoms with van der Waals surface area (Å²) in [5.41, 5.74) is 0.457. The maximum absolute atomic E-state index is 12.3. The molecule has 1 aliphatic rings. The van der Waals surface area contributed by atoms with Crippen molar-refractivity contribution in [3.63, 3.8) is 0 Å². The molecular weight excluding hydrogens is 296 g/mol. The Bertz CT molecular complexity index is 565. The van der Waals surface area contributed by atoms with Crippen molar-refractivity contribution in [2.24, 2.45) is 5.92 Å². The van der Waals surface area contributed by atoms with Gasteiger partial charge in [-0.15, -0.1) is 0 Å². The monoisotopic (exact) mass is 318 g/mol. The first-order valence-electron chi connectivity index (χ1n) is 7.79. The molecule has 0 saturated carbocycles. The average molecular weight is 318 g/mol. The van der Waals surface area contributed by atoms with E-state index in [-0.39, 0.29) is 23.5 Å². The first-order valence-corrected chi connectivity index (χ1v) is 7.79. The molecule has 0 spiro atoms. The number of benzene rings is 1. The second-order valence-electron chi connectivity index (χ2n) is 5.75. The Morgan fingerprint density at radius 3 is 2.35 bits per heavy atom. The molecule has 1 aliphatic heterocycles. The van der Waals surface area contributed by atoms with Crippen molar-refractivity contribution in [3.05, 3.63) is 35.9 Å². The molecule has 0 aliphatic carbocycles. The van der Waals surface area contributed by atoms with Crippen molar-refractivity contribution in [1.29, 1.82) is 0 Å². The lowest BCUT2D eigenvalue weighted by Gasteiger charge is -2.31. The highest BCUT2D eigenvalue weighted by Gasteiger charge is 2.29. The highest BCUT2D eigenvalue weighted by atomic mass is 16.3. The van der Waals surface area contributed by atoms with Gasteiger partial charge < -0.3 is 15.3 Å². The van der Waals surface area contributed by atoms with Gasteiger partial charge in [0.25, 0.3) is 0 Å². The molecule has 1 heterocycles. The number of hydrogen-bond donors (Lipinski definition) is 2. The van der Waals surface area contributed by atoms with Gasteiger partial charge in [0.2, 0.25) is 11.8 Å². The first-order chi connectivity index (χ1) is 11.0. The van der Waals surface area contributed by atoms with Crippen molar-refractivity contribution in [2.75, 3.05) is 19.7 Å². The molecule has 0 aromatic heterocycles. The predicted molar refractivity (Wildman–Crippen MR) is 84.8 cm³/mol. The van der Waals surface area contributed by atoms with Gasteiger partial charge in [-0.1, -0.05) is 30.3 Å². The fourth-order valence-corrected chi connectivity index (χ4v) is 2.74. The maximum Gasteiger partial charge on any atom is 0.223 e. The number of aliphatic hydroxyl groups is 1. The number of likely N-dealkylation sites (tertiary alicyclic amines) is 1. The number of rotatable bonds is 5. The van der Waals surface area contributed by atoms with Crippen LogP contribution < -0.4 is 5.32 Å². The largest absolute Gasteiger partial charge is 0.394 e. The number of amides is 2. The number of hydrogen-bond acceptors (Lipinski definition) is 4. The molecule has 1 saturated heterocycles. The van der Waals surface area contributed by atoms with Crippen LogP contribution in [-0.4, -0.2) is 53.3 Å².